The summed E-state index contributed by atoms with van der Waals surface area (Å²) < 4.78 is 16.0. The van der Waals surface area contributed by atoms with E-state index in [-0.39, 0.29) is 96.9 Å². The van der Waals surface area contributed by atoms with Gasteiger partial charge in [0.15, 0.2) is 0 Å². The molecule has 0 bridgehead atoms. The van der Waals surface area contributed by atoms with Gasteiger partial charge in [-0.2, -0.15) is 28.5 Å². The van der Waals surface area contributed by atoms with Crippen molar-refractivity contribution in [2.75, 3.05) is 56.8 Å². The van der Waals surface area contributed by atoms with Crippen LogP contribution in [0.1, 0.15) is 136 Å². The summed E-state index contributed by atoms with van der Waals surface area (Å²) in [4.78, 5) is 105. The second-order valence-electron chi connectivity index (χ2n) is 20.2. The van der Waals surface area contributed by atoms with E-state index in [1.807, 2.05) is 81.4 Å². The van der Waals surface area contributed by atoms with Crippen LogP contribution in [-0.2, 0) is 55.8 Å². The number of amides is 3. The fourth-order valence-electron chi connectivity index (χ4n) is 7.42. The molecule has 0 radical (unpaired) electrons. The quantitative estimate of drug-likeness (QED) is 0.0271. The van der Waals surface area contributed by atoms with Crippen molar-refractivity contribution in [2.45, 2.75) is 161 Å². The number of anilines is 1. The summed E-state index contributed by atoms with van der Waals surface area (Å²) in [6.45, 7) is 20.8. The molecule has 3 amide bonds. The summed E-state index contributed by atoms with van der Waals surface area (Å²) in [7, 11) is 0. The molecule has 426 valence electrons. The highest BCUT2D eigenvalue weighted by atomic mass is 32.2. The van der Waals surface area contributed by atoms with Crippen molar-refractivity contribution in [1.29, 1.82) is 0 Å². The number of hydrogen-bond donors (Lipinski definition) is 9. The molecule has 76 heavy (non-hydrogen) atoms. The van der Waals surface area contributed by atoms with Gasteiger partial charge in [-0.1, -0.05) is 46.8 Å². The summed E-state index contributed by atoms with van der Waals surface area (Å²) in [5.41, 5.74) is 6.54. The van der Waals surface area contributed by atoms with Crippen molar-refractivity contribution < 1.29 is 58.0 Å². The largest absolute Gasteiger partial charge is 0.481 e. The molecule has 4 atom stereocenters. The number of aromatic amines is 2. The number of carbonyl (C=O) groups is 7. The maximum absolute atomic E-state index is 13.1. The van der Waals surface area contributed by atoms with Crippen molar-refractivity contribution in [3.05, 3.63) is 57.5 Å². The predicted molar refractivity (Wildman–Crippen MR) is 298 cm³/mol. The molecule has 0 spiro atoms. The number of Topliss-reactive ketones (excluding diaryl/α,β-unsaturated/α-hetero) is 1. The van der Waals surface area contributed by atoms with Gasteiger partial charge in [0.25, 0.3) is 17.9 Å². The molecule has 1 aliphatic rings. The Morgan fingerprint density at radius 3 is 2.11 bits per heavy atom. The van der Waals surface area contributed by atoms with Gasteiger partial charge in [0.1, 0.15) is 30.1 Å². The van der Waals surface area contributed by atoms with Crippen LogP contribution in [-0.4, -0.2) is 152 Å². The maximum atomic E-state index is 13.1. The monoisotopic (exact) mass is 1100 g/mol. The van der Waals surface area contributed by atoms with E-state index in [1.165, 1.54) is 0 Å². The maximum Gasteiger partial charge on any atom is 0.321 e. The first-order valence-electron chi connectivity index (χ1n) is 25.9. The summed E-state index contributed by atoms with van der Waals surface area (Å²) in [5, 5.41) is 30.8. The summed E-state index contributed by atoms with van der Waals surface area (Å²) >= 11 is 3.25. The molecular weight excluding hydrogens is 1020 g/mol. The van der Waals surface area contributed by atoms with Crippen molar-refractivity contribution >= 4 is 82.4 Å². The van der Waals surface area contributed by atoms with Gasteiger partial charge in [-0.3, -0.25) is 48.7 Å². The number of nitrogens with zero attached hydrogens (tertiary/aromatic N) is 1. The average molecular weight is 1110 g/mol. The second kappa shape index (κ2) is 33.6. The Morgan fingerprint density at radius 2 is 1.53 bits per heavy atom. The third kappa shape index (κ3) is 25.1. The van der Waals surface area contributed by atoms with Gasteiger partial charge in [0, 0.05) is 77.1 Å². The van der Waals surface area contributed by atoms with Crippen LogP contribution in [0, 0.1) is 5.41 Å². The number of aliphatic carboxylic acids is 2. The molecule has 0 aliphatic heterocycles. The van der Waals surface area contributed by atoms with Gasteiger partial charge in [0.05, 0.1) is 30.8 Å². The van der Waals surface area contributed by atoms with E-state index in [0.29, 0.717) is 73.2 Å². The third-order valence-electron chi connectivity index (χ3n) is 11.9. The Kier molecular flexibility index (Phi) is 29.5. The Balaban J connectivity index is 0.000000557. The number of thioether (sulfide) groups is 2. The molecule has 4 unspecified atom stereocenters. The van der Waals surface area contributed by atoms with E-state index in [0.717, 1.165) is 24.0 Å². The smallest absolute Gasteiger partial charge is 0.321 e. The first kappa shape index (κ1) is 66.6. The van der Waals surface area contributed by atoms with Crippen LogP contribution in [0.2, 0.25) is 0 Å². The number of ketones is 1. The van der Waals surface area contributed by atoms with E-state index in [1.54, 1.807) is 41.9 Å². The highest BCUT2D eigenvalue weighted by Crippen LogP contribution is 2.40. The van der Waals surface area contributed by atoms with Gasteiger partial charge in [0.2, 0.25) is 17.8 Å². The Morgan fingerprint density at radius 1 is 0.882 bits per heavy atom. The lowest BCUT2D eigenvalue weighted by molar-refractivity contribution is -0.139. The molecule has 3 aromatic rings. The summed E-state index contributed by atoms with van der Waals surface area (Å²) in [5.74, 6) is -1.60. The fraction of sp³-hybridized carbons (Fsp3) is 0.642. The van der Waals surface area contributed by atoms with Gasteiger partial charge >= 0.3 is 11.9 Å². The molecule has 1 aliphatic carbocycles. The van der Waals surface area contributed by atoms with Crippen LogP contribution >= 0.6 is 23.5 Å². The normalized spacial score (nSPS) is 15.1. The number of hydrogen-bond acceptors (Lipinski definition) is 16. The number of benzene rings is 1. The van der Waals surface area contributed by atoms with Gasteiger partial charge in [-0.05, 0) is 96.4 Å². The summed E-state index contributed by atoms with van der Waals surface area (Å²) in [6, 6.07) is 5.75. The van der Waals surface area contributed by atoms with Crippen LogP contribution in [0.5, 0.6) is 0 Å². The molecular formula is C53H84N8O13S2. The number of ether oxygens (including phenoxy) is 3. The number of nitrogen functional groups attached to an aromatic ring is 1. The molecule has 10 N–H and O–H groups in total. The predicted octanol–water partition coefficient (Wildman–Crippen LogP) is 5.44. The van der Waals surface area contributed by atoms with Gasteiger partial charge < -0.3 is 51.1 Å². The highest BCUT2D eigenvalue weighted by Gasteiger charge is 2.36. The van der Waals surface area contributed by atoms with E-state index >= 15 is 0 Å². The van der Waals surface area contributed by atoms with Crippen molar-refractivity contribution in [3.8, 4) is 0 Å². The number of carboxylic acids is 2. The molecule has 1 fully saturated rings. The molecule has 2 heterocycles. The van der Waals surface area contributed by atoms with E-state index < -0.39 is 35.0 Å². The first-order valence-corrected chi connectivity index (χ1v) is 28.0. The van der Waals surface area contributed by atoms with E-state index in [2.05, 4.69) is 41.0 Å². The zero-order valence-electron chi connectivity index (χ0n) is 46.0. The van der Waals surface area contributed by atoms with Crippen LogP contribution in [0.25, 0.3) is 11.0 Å². The number of H-pyrrole nitrogens is 2. The lowest BCUT2D eigenvalue weighted by Crippen LogP contribution is -2.50. The number of rotatable bonds is 33. The summed E-state index contributed by atoms with van der Waals surface area (Å²) in [6.07, 6.45) is 6.39. The van der Waals surface area contributed by atoms with Crippen LogP contribution in [0.4, 0.5) is 5.95 Å². The SMILES string of the molecule is CC.CCC(=O)C(C)(C)COC(C)(C)CCC(=O)NC(CSC1CCC1SCC(NC(C)(C)C)C(=O)O)C(=O)NCCOCCOC=O.Nc1nc2[nH]cc(CCc3ccc(C(=O)NCCCC(=O)O)cc3)c2c(=O)[nH]1. The van der Waals surface area contributed by atoms with Crippen molar-refractivity contribution in [2.24, 2.45) is 5.41 Å². The van der Waals surface area contributed by atoms with Crippen molar-refractivity contribution in [1.82, 2.24) is 36.2 Å². The zero-order chi connectivity index (χ0) is 57.1. The molecule has 2 aromatic heterocycles. The fourth-order valence-corrected chi connectivity index (χ4v) is 10.5. The molecule has 1 saturated carbocycles. The minimum Gasteiger partial charge on any atom is -0.481 e. The van der Waals surface area contributed by atoms with Crippen LogP contribution in [0.3, 0.4) is 0 Å². The second-order valence-corrected chi connectivity index (χ2v) is 22.8. The molecule has 1 aromatic carbocycles. The zero-order valence-corrected chi connectivity index (χ0v) is 47.7. The van der Waals surface area contributed by atoms with E-state index in [4.69, 9.17) is 20.3 Å². The number of aromatic nitrogens is 3. The molecule has 4 rings (SSSR count). The Hall–Kier alpha value is -5.49. The highest BCUT2D eigenvalue weighted by molar-refractivity contribution is 8.04. The van der Waals surface area contributed by atoms with Crippen LogP contribution < -0.4 is 32.6 Å². The molecule has 0 saturated heterocycles. The molecule has 23 heteroatoms. The van der Waals surface area contributed by atoms with Crippen molar-refractivity contribution in [3.63, 3.8) is 0 Å². The number of nitrogens with two attached hydrogens (primary N) is 1. The van der Waals surface area contributed by atoms with E-state index in [9.17, 15) is 43.5 Å². The Bertz CT molecular complexity index is 2370. The van der Waals surface area contributed by atoms with Gasteiger partial charge in [-0.25, -0.2) is 0 Å². The van der Waals surface area contributed by atoms with Crippen LogP contribution in [0.15, 0.2) is 35.3 Å². The number of aryl methyl sites for hydroxylation is 2. The minimum atomic E-state index is -0.880. The third-order valence-corrected chi connectivity index (χ3v) is 15.1. The average Bonchev–Trinajstić information content (AvgIpc) is 3.77. The number of fused-ring (bicyclic) bond motifs is 1. The minimum absolute atomic E-state index is 0.0258. The number of nitrogens with one attached hydrogen (secondary N) is 6. The Labute approximate surface area is 455 Å². The lowest BCUT2D eigenvalue weighted by Gasteiger charge is -2.37. The molecule has 21 nitrogen and oxygen atoms in total. The topological polar surface area (TPSA) is 323 Å². The number of carbonyl (C=O) groups excluding carboxylic acids is 5. The number of carboxylic acid groups (broad SMARTS) is 2. The first-order chi connectivity index (χ1) is 35.8. The standard InChI is InChI=1S/C32H57N3O9S2.C19H21N5O4.C2H6/c1-9-26(37)31(5,6)20-44-32(7,8)13-12-27(38)34-22(28(39)33-14-15-42-16-17-43-21-36)18-45-24-10-11-25(24)46-19-23(29(40)41)35-30(2,3)4;20-19-23-16-15(18(28)24-19)13(10-22-16)8-5-11-3-6-12(7-4-11)17(27)21-9-1-2-14(25)26;1-2/h21-25,35H,9-20H2,1-8H3,(H,33,39)(H,34,38)(H,40,41);3-4,6-7,10H,1-2,5,8-9H2,(H,21,27)(H,25,26)(H4,20,22,23,24,28);1-2H3. The lowest BCUT2D eigenvalue weighted by atomic mass is 9.87. The van der Waals surface area contributed by atoms with Gasteiger partial charge in [-0.15, -0.1) is 0 Å².